The van der Waals surface area contributed by atoms with Gasteiger partial charge in [-0.05, 0) is 87.9 Å². The molecule has 0 bridgehead atoms. The molecule has 2 N–H and O–H groups in total. The molecule has 47 heavy (non-hydrogen) atoms. The maximum atomic E-state index is 13.8. The summed E-state index contributed by atoms with van der Waals surface area (Å²) in [6.45, 7) is 0.968. The first-order chi connectivity index (χ1) is 21.8. The van der Waals surface area contributed by atoms with Gasteiger partial charge in [0.05, 0.1) is 11.3 Å². The lowest BCUT2D eigenvalue weighted by Gasteiger charge is -2.45. The Hall–Kier alpha value is -2.95. The highest BCUT2D eigenvalue weighted by molar-refractivity contribution is 5.68. The molecular formula is C30H37F9N4O4. The molecule has 3 saturated heterocycles. The molecule has 5 rings (SSSR count). The summed E-state index contributed by atoms with van der Waals surface area (Å²) < 4.78 is 123. The lowest BCUT2D eigenvalue weighted by atomic mass is 9.75. The van der Waals surface area contributed by atoms with Crippen molar-refractivity contribution in [3.8, 4) is 0 Å². The number of aliphatic carboxylic acids is 1. The molecule has 1 saturated carbocycles. The molecule has 0 aromatic heterocycles. The van der Waals surface area contributed by atoms with Crippen LogP contribution in [0.2, 0.25) is 0 Å². The van der Waals surface area contributed by atoms with Gasteiger partial charge in [0.25, 0.3) is 6.10 Å². The van der Waals surface area contributed by atoms with Crippen molar-refractivity contribution in [2.45, 2.75) is 106 Å². The maximum Gasteiger partial charge on any atom is 0.434 e. The number of ether oxygens (including phenoxy) is 1. The van der Waals surface area contributed by atoms with Crippen LogP contribution in [0.3, 0.4) is 0 Å². The average molecular weight is 689 g/mol. The summed E-state index contributed by atoms with van der Waals surface area (Å²) in [5, 5.41) is 10.9. The predicted octanol–water partition coefficient (Wildman–Crippen LogP) is 6.88. The van der Waals surface area contributed by atoms with Crippen LogP contribution >= 0.6 is 0 Å². The Morgan fingerprint density at radius 1 is 0.894 bits per heavy atom. The van der Waals surface area contributed by atoms with Gasteiger partial charge < -0.3 is 19.8 Å². The van der Waals surface area contributed by atoms with Crippen molar-refractivity contribution in [2.75, 3.05) is 31.2 Å². The molecular weight excluding hydrogens is 651 g/mol. The number of benzene rings is 1. The van der Waals surface area contributed by atoms with Crippen molar-refractivity contribution >= 4 is 17.7 Å². The first-order valence-electron chi connectivity index (χ1n) is 15.6. The fourth-order valence-electron chi connectivity index (χ4n) is 7.69. The normalized spacial score (nSPS) is 25.7. The number of hydrogen-bond donors (Lipinski definition) is 2. The number of carboxylic acids is 1. The number of carbonyl (C=O) groups is 2. The number of carboxylic acid groups (broad SMARTS) is 1. The van der Waals surface area contributed by atoms with Crippen molar-refractivity contribution in [3.63, 3.8) is 0 Å². The van der Waals surface area contributed by atoms with Gasteiger partial charge in [0.15, 0.2) is 0 Å². The van der Waals surface area contributed by atoms with Crippen LogP contribution < -0.4 is 10.4 Å². The second-order valence-corrected chi connectivity index (χ2v) is 13.3. The first kappa shape index (κ1) is 35.4. The van der Waals surface area contributed by atoms with Gasteiger partial charge in [0.2, 0.25) is 0 Å². The highest BCUT2D eigenvalue weighted by atomic mass is 19.4. The zero-order valence-electron chi connectivity index (χ0n) is 25.4. The lowest BCUT2D eigenvalue weighted by molar-refractivity contribution is -0.308. The van der Waals surface area contributed by atoms with Crippen LogP contribution in [-0.4, -0.2) is 82.7 Å². The molecule has 0 atom stereocenters. The molecule has 2 spiro atoms. The zero-order valence-corrected chi connectivity index (χ0v) is 25.4. The summed E-state index contributed by atoms with van der Waals surface area (Å²) in [5.74, 6) is -0.809. The monoisotopic (exact) mass is 688 g/mol. The molecule has 1 aromatic rings. The Bertz CT molecular complexity index is 1290. The molecule has 0 radical (unpaired) electrons. The fraction of sp³-hybridized carbons (Fsp3) is 0.733. The Kier molecular flexibility index (Phi) is 9.65. The van der Waals surface area contributed by atoms with Crippen molar-refractivity contribution in [3.05, 3.63) is 29.3 Å². The average Bonchev–Trinajstić information content (AvgIpc) is 3.55. The number of carbonyl (C=O) groups excluding carboxylic acids is 1. The number of likely N-dealkylation sites (tertiary alicyclic amines) is 2. The molecule has 1 aromatic carbocycles. The number of nitrogens with zero attached hydrogens (tertiary/aromatic N) is 3. The van der Waals surface area contributed by atoms with E-state index >= 15 is 0 Å². The van der Waals surface area contributed by atoms with Crippen LogP contribution in [0.1, 0.15) is 75.3 Å². The summed E-state index contributed by atoms with van der Waals surface area (Å²) in [6.07, 6.45) is -16.8. The Balaban J connectivity index is 1.29. The summed E-state index contributed by atoms with van der Waals surface area (Å²) in [4.78, 5) is 26.4. The molecule has 3 heterocycles. The Morgan fingerprint density at radius 3 is 2.11 bits per heavy atom. The number of anilines is 1. The summed E-state index contributed by atoms with van der Waals surface area (Å²) in [7, 11) is 0. The third-order valence-corrected chi connectivity index (χ3v) is 10.3. The van der Waals surface area contributed by atoms with Crippen LogP contribution in [0.25, 0.3) is 0 Å². The molecule has 4 fully saturated rings. The molecule has 1 amide bonds. The van der Waals surface area contributed by atoms with Crippen molar-refractivity contribution in [1.82, 2.24) is 15.2 Å². The smallest absolute Gasteiger partial charge is 0.434 e. The minimum atomic E-state index is -5.82. The zero-order chi connectivity index (χ0) is 34.4. The van der Waals surface area contributed by atoms with Crippen LogP contribution in [0, 0.1) is 5.92 Å². The van der Waals surface area contributed by atoms with E-state index in [9.17, 15) is 49.1 Å². The van der Waals surface area contributed by atoms with E-state index in [-0.39, 0.29) is 50.4 Å². The standard InChI is InChI=1S/C30H37F9N4O4/c31-28(32,33)21-3-2-20(22(17-21)43-15-9-26(40-43)7-4-19(5-8-26)16-23(44)45)18-42-12-1-6-27(42)10-13-41(14-11-27)25(46)47-24(29(34,35)36)30(37,38)39/h2-3,17,19,24,40H,1,4-16,18H2,(H,44,45). The molecule has 3 aliphatic heterocycles. The highest BCUT2D eigenvalue weighted by Crippen LogP contribution is 2.44. The van der Waals surface area contributed by atoms with E-state index in [1.165, 1.54) is 6.07 Å². The number of nitrogens with one attached hydrogen (secondary N) is 1. The van der Waals surface area contributed by atoms with Crippen molar-refractivity contribution in [1.29, 1.82) is 0 Å². The summed E-state index contributed by atoms with van der Waals surface area (Å²) in [5.41, 5.74) is 2.70. The maximum absolute atomic E-state index is 13.8. The van der Waals surface area contributed by atoms with Gasteiger partial charge in [-0.2, -0.15) is 39.5 Å². The van der Waals surface area contributed by atoms with Gasteiger partial charge in [-0.25, -0.2) is 10.2 Å². The van der Waals surface area contributed by atoms with E-state index in [1.807, 2.05) is 0 Å². The van der Waals surface area contributed by atoms with Gasteiger partial charge in [-0.15, -0.1) is 0 Å². The molecule has 264 valence electrons. The second kappa shape index (κ2) is 12.8. The van der Waals surface area contributed by atoms with Crippen LogP contribution in [0.15, 0.2) is 18.2 Å². The summed E-state index contributed by atoms with van der Waals surface area (Å²) >= 11 is 0. The fourth-order valence-corrected chi connectivity index (χ4v) is 7.69. The molecule has 4 aliphatic rings. The quantitative estimate of drug-likeness (QED) is 0.315. The van der Waals surface area contributed by atoms with Gasteiger partial charge in [-0.3, -0.25) is 9.69 Å². The number of piperidine rings is 1. The van der Waals surface area contributed by atoms with Crippen LogP contribution in [-0.2, 0) is 22.3 Å². The van der Waals surface area contributed by atoms with E-state index in [1.54, 1.807) is 5.01 Å². The van der Waals surface area contributed by atoms with E-state index in [0.29, 0.717) is 69.3 Å². The predicted molar refractivity (Wildman–Crippen MR) is 149 cm³/mol. The largest absolute Gasteiger partial charge is 0.481 e. The number of halogens is 9. The van der Waals surface area contributed by atoms with Gasteiger partial charge in [0.1, 0.15) is 0 Å². The van der Waals surface area contributed by atoms with E-state index in [0.717, 1.165) is 17.0 Å². The molecule has 17 heteroatoms. The SMILES string of the molecule is O=C(O)CC1CCC2(CC1)CCN(c1cc(C(F)(F)F)ccc1CN1CCCC13CCN(C(=O)OC(C(F)(F)F)C(F)(F)F)CC3)N2. The van der Waals surface area contributed by atoms with Gasteiger partial charge in [-0.1, -0.05) is 6.07 Å². The number of hydrogen-bond acceptors (Lipinski definition) is 6. The number of hydrazine groups is 1. The van der Waals surface area contributed by atoms with Crippen molar-refractivity contribution < 1.29 is 58.9 Å². The Labute approximate surface area is 265 Å². The first-order valence-corrected chi connectivity index (χ1v) is 15.6. The van der Waals surface area contributed by atoms with Crippen molar-refractivity contribution in [2.24, 2.45) is 5.92 Å². The molecule has 1 aliphatic carbocycles. The summed E-state index contributed by atoms with van der Waals surface area (Å²) in [6, 6.07) is 3.55. The lowest BCUT2D eigenvalue weighted by Crippen LogP contribution is -2.54. The minimum Gasteiger partial charge on any atom is -0.481 e. The van der Waals surface area contributed by atoms with E-state index in [2.05, 4.69) is 15.1 Å². The second-order valence-electron chi connectivity index (χ2n) is 13.3. The molecule has 8 nitrogen and oxygen atoms in total. The van der Waals surface area contributed by atoms with Gasteiger partial charge in [0, 0.05) is 43.7 Å². The number of amides is 1. The number of rotatable bonds is 6. The van der Waals surface area contributed by atoms with Gasteiger partial charge >= 0.3 is 30.6 Å². The van der Waals surface area contributed by atoms with Crippen LogP contribution in [0.5, 0.6) is 0 Å². The minimum absolute atomic E-state index is 0.0495. The topological polar surface area (TPSA) is 85.4 Å². The number of alkyl halides is 9. The Morgan fingerprint density at radius 2 is 1.53 bits per heavy atom. The van der Waals surface area contributed by atoms with E-state index in [4.69, 9.17) is 5.11 Å². The third kappa shape index (κ3) is 7.86. The van der Waals surface area contributed by atoms with E-state index < -0.39 is 47.8 Å². The highest BCUT2D eigenvalue weighted by Gasteiger charge is 2.60. The van der Waals surface area contributed by atoms with Crippen LogP contribution in [0.4, 0.5) is 50.0 Å². The third-order valence-electron chi connectivity index (χ3n) is 10.3. The molecule has 0 unspecified atom stereocenters.